The molecule has 0 spiro atoms. The zero-order chi connectivity index (χ0) is 17.6. The molecule has 0 amide bonds. The fourth-order valence-electron chi connectivity index (χ4n) is 1.50. The summed E-state index contributed by atoms with van der Waals surface area (Å²) < 4.78 is 25.0. The Hall–Kier alpha value is -2.38. The van der Waals surface area contributed by atoms with Crippen LogP contribution in [-0.4, -0.2) is 51.8 Å². The van der Waals surface area contributed by atoms with Crippen LogP contribution in [-0.2, 0) is 23.7 Å². The van der Waals surface area contributed by atoms with Crippen molar-refractivity contribution in [3.63, 3.8) is 0 Å². The lowest BCUT2D eigenvalue weighted by Gasteiger charge is -2.07. The second-order valence-corrected chi connectivity index (χ2v) is 4.61. The SMILES string of the molecule is C=CC(=O)OCCOCCOCCOC(=O)Oc1ccc(C)cc1. The maximum absolute atomic E-state index is 11.4. The normalized spacial score (nSPS) is 10.0. The number of benzene rings is 1. The van der Waals surface area contributed by atoms with Gasteiger partial charge in [0.1, 0.15) is 19.0 Å². The van der Waals surface area contributed by atoms with E-state index in [1.54, 1.807) is 12.1 Å². The molecule has 0 aromatic heterocycles. The van der Waals surface area contributed by atoms with Crippen molar-refractivity contribution in [3.05, 3.63) is 42.5 Å². The fraction of sp³-hybridized carbons (Fsp3) is 0.412. The summed E-state index contributed by atoms with van der Waals surface area (Å²) >= 11 is 0. The third-order valence-electron chi connectivity index (χ3n) is 2.68. The van der Waals surface area contributed by atoms with Gasteiger partial charge in [-0.2, -0.15) is 0 Å². The average molecular weight is 338 g/mol. The lowest BCUT2D eigenvalue weighted by Crippen LogP contribution is -2.16. The molecule has 1 aromatic carbocycles. The summed E-state index contributed by atoms with van der Waals surface area (Å²) in [6.07, 6.45) is 0.315. The molecule has 0 N–H and O–H groups in total. The molecule has 0 saturated heterocycles. The summed E-state index contributed by atoms with van der Waals surface area (Å²) in [5, 5.41) is 0. The molecular weight excluding hydrogens is 316 g/mol. The lowest BCUT2D eigenvalue weighted by atomic mass is 10.2. The standard InChI is InChI=1S/C17H22O7/c1-3-16(18)22-12-10-20-8-9-21-11-13-23-17(19)24-15-6-4-14(2)5-7-15/h3-7H,1,8-13H2,2H3. The molecule has 132 valence electrons. The summed E-state index contributed by atoms with van der Waals surface area (Å²) in [6, 6.07) is 7.06. The minimum Gasteiger partial charge on any atom is -0.460 e. The number of esters is 1. The van der Waals surface area contributed by atoms with E-state index in [1.165, 1.54) is 0 Å². The van der Waals surface area contributed by atoms with Gasteiger partial charge < -0.3 is 23.7 Å². The molecule has 0 aliphatic rings. The van der Waals surface area contributed by atoms with E-state index in [2.05, 4.69) is 6.58 Å². The number of aryl methyl sites for hydroxylation is 1. The van der Waals surface area contributed by atoms with Crippen LogP contribution in [0.25, 0.3) is 0 Å². The fourth-order valence-corrected chi connectivity index (χ4v) is 1.50. The molecular formula is C17H22O7. The quantitative estimate of drug-likeness (QED) is 0.265. The smallest absolute Gasteiger partial charge is 0.460 e. The predicted molar refractivity (Wildman–Crippen MR) is 85.9 cm³/mol. The van der Waals surface area contributed by atoms with Gasteiger partial charge in [0.25, 0.3) is 0 Å². The van der Waals surface area contributed by atoms with Crippen molar-refractivity contribution in [2.24, 2.45) is 0 Å². The number of ether oxygens (including phenoxy) is 5. The van der Waals surface area contributed by atoms with Gasteiger partial charge in [-0.15, -0.1) is 0 Å². The van der Waals surface area contributed by atoms with E-state index in [0.717, 1.165) is 11.6 Å². The number of rotatable bonds is 11. The Kier molecular flexibility index (Phi) is 9.91. The topological polar surface area (TPSA) is 80.3 Å². The van der Waals surface area contributed by atoms with E-state index in [-0.39, 0.29) is 26.4 Å². The Labute approximate surface area is 141 Å². The zero-order valence-electron chi connectivity index (χ0n) is 13.7. The van der Waals surface area contributed by atoms with E-state index in [9.17, 15) is 9.59 Å². The highest BCUT2D eigenvalue weighted by atomic mass is 16.7. The van der Waals surface area contributed by atoms with Gasteiger partial charge in [0, 0.05) is 6.08 Å². The minimum absolute atomic E-state index is 0.0850. The third kappa shape index (κ3) is 9.60. The molecule has 0 aliphatic carbocycles. The van der Waals surface area contributed by atoms with Crippen molar-refractivity contribution in [1.82, 2.24) is 0 Å². The van der Waals surface area contributed by atoms with E-state index >= 15 is 0 Å². The second-order valence-electron chi connectivity index (χ2n) is 4.61. The first-order valence-corrected chi connectivity index (χ1v) is 7.48. The molecule has 24 heavy (non-hydrogen) atoms. The van der Waals surface area contributed by atoms with E-state index in [1.807, 2.05) is 19.1 Å². The highest BCUT2D eigenvalue weighted by Gasteiger charge is 2.05. The highest BCUT2D eigenvalue weighted by Crippen LogP contribution is 2.11. The van der Waals surface area contributed by atoms with Crippen molar-refractivity contribution in [3.8, 4) is 5.75 Å². The summed E-state index contributed by atoms with van der Waals surface area (Å²) in [5.74, 6) is -0.0541. The second kappa shape index (κ2) is 12.1. The number of hydrogen-bond donors (Lipinski definition) is 0. The zero-order valence-corrected chi connectivity index (χ0v) is 13.7. The van der Waals surface area contributed by atoms with Crippen LogP contribution in [0.2, 0.25) is 0 Å². The average Bonchev–Trinajstić information content (AvgIpc) is 2.58. The van der Waals surface area contributed by atoms with Gasteiger partial charge in [0.2, 0.25) is 0 Å². The molecule has 7 heteroatoms. The van der Waals surface area contributed by atoms with Crippen molar-refractivity contribution in [2.45, 2.75) is 6.92 Å². The van der Waals surface area contributed by atoms with Crippen LogP contribution in [0.3, 0.4) is 0 Å². The van der Waals surface area contributed by atoms with E-state index in [4.69, 9.17) is 23.7 Å². The van der Waals surface area contributed by atoms with Crippen LogP contribution in [0.15, 0.2) is 36.9 Å². The molecule has 1 aromatic rings. The Balaban J connectivity index is 1.92. The Bertz CT molecular complexity index is 510. The first-order chi connectivity index (χ1) is 11.6. The predicted octanol–water partition coefficient (Wildman–Crippen LogP) is 2.27. The van der Waals surface area contributed by atoms with Crippen molar-refractivity contribution in [1.29, 1.82) is 0 Å². The van der Waals surface area contributed by atoms with Crippen LogP contribution in [0.1, 0.15) is 5.56 Å². The van der Waals surface area contributed by atoms with Crippen LogP contribution in [0, 0.1) is 6.92 Å². The van der Waals surface area contributed by atoms with Crippen molar-refractivity contribution < 1.29 is 33.3 Å². The van der Waals surface area contributed by atoms with Crippen LogP contribution in [0.4, 0.5) is 4.79 Å². The molecule has 0 bridgehead atoms. The van der Waals surface area contributed by atoms with Gasteiger partial charge in [-0.05, 0) is 19.1 Å². The number of carbonyl (C=O) groups excluding carboxylic acids is 2. The first-order valence-electron chi connectivity index (χ1n) is 7.48. The van der Waals surface area contributed by atoms with Gasteiger partial charge in [0.15, 0.2) is 0 Å². The monoisotopic (exact) mass is 338 g/mol. The minimum atomic E-state index is -0.775. The van der Waals surface area contributed by atoms with Gasteiger partial charge >= 0.3 is 12.1 Å². The molecule has 0 fully saturated rings. The summed E-state index contributed by atoms with van der Waals surface area (Å²) in [4.78, 5) is 22.1. The van der Waals surface area contributed by atoms with Gasteiger partial charge in [-0.3, -0.25) is 0 Å². The number of carbonyl (C=O) groups is 2. The Morgan fingerprint density at radius 1 is 0.917 bits per heavy atom. The third-order valence-corrected chi connectivity index (χ3v) is 2.68. The molecule has 0 unspecified atom stereocenters. The van der Waals surface area contributed by atoms with Gasteiger partial charge in [-0.1, -0.05) is 24.3 Å². The molecule has 0 atom stereocenters. The van der Waals surface area contributed by atoms with E-state index in [0.29, 0.717) is 19.0 Å². The molecule has 7 nitrogen and oxygen atoms in total. The van der Waals surface area contributed by atoms with Gasteiger partial charge in [0.05, 0.1) is 26.4 Å². The van der Waals surface area contributed by atoms with Crippen molar-refractivity contribution in [2.75, 3.05) is 39.6 Å². The summed E-state index contributed by atoms with van der Waals surface area (Å²) in [6.45, 7) is 6.67. The molecule has 0 saturated carbocycles. The Morgan fingerprint density at radius 3 is 2.04 bits per heavy atom. The highest BCUT2D eigenvalue weighted by molar-refractivity contribution is 5.81. The Morgan fingerprint density at radius 2 is 1.46 bits per heavy atom. The summed E-state index contributed by atoms with van der Waals surface area (Å²) in [5.41, 5.74) is 1.07. The maximum atomic E-state index is 11.4. The molecule has 1 rings (SSSR count). The maximum Gasteiger partial charge on any atom is 0.513 e. The van der Waals surface area contributed by atoms with Crippen LogP contribution in [0.5, 0.6) is 5.75 Å². The summed E-state index contributed by atoms with van der Waals surface area (Å²) in [7, 11) is 0. The molecule has 0 heterocycles. The van der Waals surface area contributed by atoms with Gasteiger partial charge in [-0.25, -0.2) is 9.59 Å². The lowest BCUT2D eigenvalue weighted by molar-refractivity contribution is -0.139. The number of hydrogen-bond acceptors (Lipinski definition) is 7. The molecule has 0 aliphatic heterocycles. The van der Waals surface area contributed by atoms with Crippen LogP contribution >= 0.6 is 0 Å². The van der Waals surface area contributed by atoms with Crippen LogP contribution < -0.4 is 4.74 Å². The van der Waals surface area contributed by atoms with Crippen molar-refractivity contribution >= 4 is 12.1 Å². The molecule has 0 radical (unpaired) electrons. The first kappa shape index (κ1) is 19.7. The van der Waals surface area contributed by atoms with E-state index < -0.39 is 12.1 Å². The largest absolute Gasteiger partial charge is 0.513 e.